The minimum atomic E-state index is -0.197. The molecule has 1 aromatic carbocycles. The number of carbonyl (C=O) groups excluding carboxylic acids is 1. The molecule has 0 aromatic heterocycles. The molecule has 0 unspecified atom stereocenters. The van der Waals surface area contributed by atoms with Gasteiger partial charge in [0.15, 0.2) is 0 Å². The molecule has 1 rings (SSSR count). The van der Waals surface area contributed by atoms with Crippen molar-refractivity contribution >= 4 is 5.91 Å². The Morgan fingerprint density at radius 1 is 1.41 bits per heavy atom. The number of aliphatic hydroxyl groups is 1. The highest BCUT2D eigenvalue weighted by atomic mass is 16.5. The number of hydrogen-bond donors (Lipinski definition) is 3. The molecule has 0 radical (unpaired) electrons. The lowest BCUT2D eigenvalue weighted by atomic mass is 10.1. The molecule has 0 aliphatic carbocycles. The second-order valence-electron chi connectivity index (χ2n) is 3.60. The molecule has 0 heterocycles. The summed E-state index contributed by atoms with van der Waals surface area (Å²) in [6.45, 7) is 0.547. The van der Waals surface area contributed by atoms with Crippen LogP contribution in [-0.4, -0.2) is 24.2 Å². The molecule has 1 amide bonds. The van der Waals surface area contributed by atoms with E-state index in [9.17, 15) is 4.79 Å². The van der Waals surface area contributed by atoms with E-state index in [4.69, 9.17) is 15.7 Å². The van der Waals surface area contributed by atoms with Gasteiger partial charge in [-0.2, -0.15) is 0 Å². The molecule has 0 atom stereocenters. The first-order valence-electron chi connectivity index (χ1n) is 5.59. The van der Waals surface area contributed by atoms with Crippen LogP contribution in [0, 0.1) is 0 Å². The number of hydrogen-bond acceptors (Lipinski definition) is 4. The van der Waals surface area contributed by atoms with Crippen molar-refractivity contribution in [3.8, 4) is 5.75 Å². The van der Waals surface area contributed by atoms with E-state index in [1.165, 1.54) is 0 Å². The van der Waals surface area contributed by atoms with Gasteiger partial charge in [0.25, 0.3) is 0 Å². The van der Waals surface area contributed by atoms with Gasteiger partial charge in [-0.3, -0.25) is 10.2 Å². The summed E-state index contributed by atoms with van der Waals surface area (Å²) < 4.78 is 5.55. The number of amides is 1. The third kappa shape index (κ3) is 4.84. The van der Waals surface area contributed by atoms with Crippen LogP contribution in [0.15, 0.2) is 24.3 Å². The van der Waals surface area contributed by atoms with Gasteiger partial charge in [0.05, 0.1) is 6.61 Å². The van der Waals surface area contributed by atoms with E-state index in [0.29, 0.717) is 25.9 Å². The van der Waals surface area contributed by atoms with Gasteiger partial charge in [-0.05, 0) is 24.5 Å². The molecule has 0 spiro atoms. The Morgan fingerprint density at radius 2 is 2.18 bits per heavy atom. The van der Waals surface area contributed by atoms with Crippen molar-refractivity contribution in [1.82, 2.24) is 5.43 Å². The van der Waals surface area contributed by atoms with Crippen LogP contribution >= 0.6 is 0 Å². The monoisotopic (exact) mass is 238 g/mol. The fourth-order valence-electron chi connectivity index (χ4n) is 1.46. The number of ether oxygens (including phenoxy) is 1. The largest absolute Gasteiger partial charge is 0.493 e. The normalized spacial score (nSPS) is 10.0. The number of nitrogens with one attached hydrogen (secondary N) is 1. The fraction of sp³-hybridized carbons (Fsp3) is 0.417. The standard InChI is InChI=1S/C12H18N2O3/c13-14-12(16)6-3-9-17-11-5-2-1-4-10(11)7-8-15/h1-2,4-5,15H,3,6-9,13H2,(H,14,16). The fourth-order valence-corrected chi connectivity index (χ4v) is 1.46. The Morgan fingerprint density at radius 3 is 2.88 bits per heavy atom. The number of aliphatic hydroxyl groups excluding tert-OH is 1. The summed E-state index contributed by atoms with van der Waals surface area (Å²) in [5.74, 6) is 5.52. The molecule has 1 aromatic rings. The Hall–Kier alpha value is -1.59. The highest BCUT2D eigenvalue weighted by molar-refractivity contribution is 5.75. The average molecular weight is 238 g/mol. The van der Waals surface area contributed by atoms with Crippen molar-refractivity contribution in [2.75, 3.05) is 13.2 Å². The molecular formula is C12H18N2O3. The number of carbonyl (C=O) groups is 1. The van der Waals surface area contributed by atoms with Crippen LogP contribution in [0.1, 0.15) is 18.4 Å². The maximum absolute atomic E-state index is 10.9. The second-order valence-corrected chi connectivity index (χ2v) is 3.60. The minimum Gasteiger partial charge on any atom is -0.493 e. The van der Waals surface area contributed by atoms with Gasteiger partial charge in [-0.25, -0.2) is 5.84 Å². The zero-order chi connectivity index (χ0) is 12.5. The van der Waals surface area contributed by atoms with Crippen molar-refractivity contribution in [3.05, 3.63) is 29.8 Å². The first-order chi connectivity index (χ1) is 8.27. The molecule has 94 valence electrons. The first kappa shape index (κ1) is 13.5. The summed E-state index contributed by atoms with van der Waals surface area (Å²) >= 11 is 0. The van der Waals surface area contributed by atoms with Gasteiger partial charge in [-0.15, -0.1) is 0 Å². The van der Waals surface area contributed by atoms with Crippen LogP contribution in [0.4, 0.5) is 0 Å². The lowest BCUT2D eigenvalue weighted by molar-refractivity contribution is -0.121. The quantitative estimate of drug-likeness (QED) is 0.277. The summed E-state index contributed by atoms with van der Waals surface area (Å²) in [7, 11) is 0. The average Bonchev–Trinajstić information content (AvgIpc) is 2.36. The summed E-state index contributed by atoms with van der Waals surface area (Å²) in [6, 6.07) is 7.55. The van der Waals surface area contributed by atoms with Crippen molar-refractivity contribution in [3.63, 3.8) is 0 Å². The van der Waals surface area contributed by atoms with Crippen LogP contribution in [-0.2, 0) is 11.2 Å². The van der Waals surface area contributed by atoms with E-state index in [1.807, 2.05) is 24.3 Å². The maximum Gasteiger partial charge on any atom is 0.234 e. The molecule has 4 N–H and O–H groups in total. The van der Waals surface area contributed by atoms with Gasteiger partial charge >= 0.3 is 0 Å². The Bertz CT molecular complexity index is 355. The number of benzene rings is 1. The summed E-state index contributed by atoms with van der Waals surface area (Å²) in [6.07, 6.45) is 1.52. The Labute approximate surface area is 101 Å². The molecule has 0 bridgehead atoms. The van der Waals surface area contributed by atoms with Crippen LogP contribution in [0.25, 0.3) is 0 Å². The Kier molecular flexibility index (Phi) is 6.06. The van der Waals surface area contributed by atoms with E-state index in [0.717, 1.165) is 11.3 Å². The third-order valence-corrected chi connectivity index (χ3v) is 2.32. The molecular weight excluding hydrogens is 220 g/mol. The zero-order valence-corrected chi connectivity index (χ0v) is 9.69. The third-order valence-electron chi connectivity index (χ3n) is 2.32. The van der Waals surface area contributed by atoms with Crippen LogP contribution < -0.4 is 16.0 Å². The van der Waals surface area contributed by atoms with Gasteiger partial charge < -0.3 is 9.84 Å². The molecule has 0 aliphatic heterocycles. The number of para-hydroxylation sites is 1. The molecule has 0 fully saturated rings. The van der Waals surface area contributed by atoms with Crippen molar-refractivity contribution < 1.29 is 14.6 Å². The van der Waals surface area contributed by atoms with E-state index in [-0.39, 0.29) is 12.5 Å². The van der Waals surface area contributed by atoms with Crippen LogP contribution in [0.5, 0.6) is 5.75 Å². The first-order valence-corrected chi connectivity index (χ1v) is 5.59. The lowest BCUT2D eigenvalue weighted by Gasteiger charge is -2.10. The highest BCUT2D eigenvalue weighted by Gasteiger charge is 2.03. The maximum atomic E-state index is 10.9. The molecule has 0 saturated carbocycles. The highest BCUT2D eigenvalue weighted by Crippen LogP contribution is 2.18. The molecule has 0 aliphatic rings. The summed E-state index contributed by atoms with van der Waals surface area (Å²) in [4.78, 5) is 10.9. The molecule has 5 nitrogen and oxygen atoms in total. The van der Waals surface area contributed by atoms with E-state index in [1.54, 1.807) is 0 Å². The molecule has 5 heteroatoms. The second kappa shape index (κ2) is 7.65. The number of hydrazine groups is 1. The van der Waals surface area contributed by atoms with E-state index in [2.05, 4.69) is 5.43 Å². The van der Waals surface area contributed by atoms with Crippen LogP contribution in [0.3, 0.4) is 0 Å². The molecule has 17 heavy (non-hydrogen) atoms. The van der Waals surface area contributed by atoms with Crippen molar-refractivity contribution in [1.29, 1.82) is 0 Å². The number of nitrogens with two attached hydrogens (primary N) is 1. The predicted molar refractivity (Wildman–Crippen MR) is 64.3 cm³/mol. The van der Waals surface area contributed by atoms with Gasteiger partial charge in [0, 0.05) is 13.0 Å². The minimum absolute atomic E-state index is 0.0932. The molecule has 0 saturated heterocycles. The predicted octanol–water partition coefficient (Wildman–Crippen LogP) is 0.370. The summed E-state index contributed by atoms with van der Waals surface area (Å²) in [5, 5.41) is 8.90. The zero-order valence-electron chi connectivity index (χ0n) is 9.69. The van der Waals surface area contributed by atoms with E-state index < -0.39 is 0 Å². The van der Waals surface area contributed by atoms with Crippen LogP contribution in [0.2, 0.25) is 0 Å². The van der Waals surface area contributed by atoms with E-state index >= 15 is 0 Å². The lowest BCUT2D eigenvalue weighted by Crippen LogP contribution is -2.30. The summed E-state index contributed by atoms with van der Waals surface area (Å²) in [5.41, 5.74) is 3.04. The smallest absolute Gasteiger partial charge is 0.234 e. The SMILES string of the molecule is NNC(=O)CCCOc1ccccc1CCO. The Balaban J connectivity index is 2.38. The van der Waals surface area contributed by atoms with Gasteiger partial charge in [-0.1, -0.05) is 18.2 Å². The van der Waals surface area contributed by atoms with Crippen molar-refractivity contribution in [2.24, 2.45) is 5.84 Å². The van der Waals surface area contributed by atoms with Crippen molar-refractivity contribution in [2.45, 2.75) is 19.3 Å². The van der Waals surface area contributed by atoms with Gasteiger partial charge in [0.1, 0.15) is 5.75 Å². The number of rotatable bonds is 7. The van der Waals surface area contributed by atoms with Gasteiger partial charge in [0.2, 0.25) is 5.91 Å². The topological polar surface area (TPSA) is 84.6 Å².